The Morgan fingerprint density at radius 1 is 1.23 bits per heavy atom. The maximum Gasteiger partial charge on any atom is 0.304 e. The zero-order valence-electron chi connectivity index (χ0n) is 13.3. The number of nitrogens with zero attached hydrogens (tertiary/aromatic N) is 2. The van der Waals surface area contributed by atoms with E-state index in [1.54, 1.807) is 24.4 Å². The molecular weight excluding hydrogens is 362 g/mol. The van der Waals surface area contributed by atoms with E-state index in [1.165, 1.54) is 12.1 Å². The lowest BCUT2D eigenvalue weighted by molar-refractivity contribution is -0.136. The molecule has 0 unspecified atom stereocenters. The number of fused-ring (bicyclic) bond motifs is 1. The highest BCUT2D eigenvalue weighted by Crippen LogP contribution is 2.28. The number of sulfonamides is 1. The molecule has 0 spiro atoms. The van der Waals surface area contributed by atoms with Gasteiger partial charge in [-0.2, -0.15) is 9.97 Å². The summed E-state index contributed by atoms with van der Waals surface area (Å²) in [7, 11) is -3.74. The number of hydrogen-bond acceptors (Lipinski definition) is 7. The van der Waals surface area contributed by atoms with Gasteiger partial charge in [0.05, 0.1) is 17.6 Å². The predicted molar refractivity (Wildman–Crippen MR) is 94.5 cm³/mol. The Hall–Kier alpha value is -3.34. The smallest absolute Gasteiger partial charge is 0.304 e. The van der Waals surface area contributed by atoms with Crippen LogP contribution in [0.2, 0.25) is 0 Å². The van der Waals surface area contributed by atoms with Crippen LogP contribution in [0, 0.1) is 0 Å². The molecule has 1 aromatic carbocycles. The number of benzene rings is 1. The van der Waals surface area contributed by atoms with Crippen LogP contribution in [-0.4, -0.2) is 40.2 Å². The molecule has 0 aliphatic heterocycles. The van der Waals surface area contributed by atoms with Gasteiger partial charge < -0.3 is 20.6 Å². The average molecular weight is 377 g/mol. The van der Waals surface area contributed by atoms with Crippen LogP contribution in [-0.2, 0) is 14.8 Å². The molecule has 0 radical (unpaired) electrons. The minimum absolute atomic E-state index is 0.0535. The van der Waals surface area contributed by atoms with Crippen molar-refractivity contribution in [2.75, 3.05) is 16.2 Å². The summed E-state index contributed by atoms with van der Waals surface area (Å²) >= 11 is 0. The number of aromatic nitrogens is 3. The van der Waals surface area contributed by atoms with Gasteiger partial charge in [-0.15, -0.1) is 0 Å². The first-order valence-electron chi connectivity index (χ1n) is 7.43. The van der Waals surface area contributed by atoms with E-state index in [2.05, 4.69) is 19.7 Å². The Labute approximate surface area is 148 Å². The molecule has 2 aromatic heterocycles. The molecule has 26 heavy (non-hydrogen) atoms. The van der Waals surface area contributed by atoms with Crippen LogP contribution in [0.5, 0.6) is 11.6 Å². The van der Waals surface area contributed by atoms with Crippen molar-refractivity contribution in [1.82, 2.24) is 15.0 Å². The molecular formula is C15H15N5O5S. The lowest BCUT2D eigenvalue weighted by Crippen LogP contribution is -2.18. The predicted octanol–water partition coefficient (Wildman–Crippen LogP) is 1.55. The van der Waals surface area contributed by atoms with Gasteiger partial charge >= 0.3 is 5.97 Å². The van der Waals surface area contributed by atoms with Gasteiger partial charge in [0.15, 0.2) is 0 Å². The van der Waals surface area contributed by atoms with Crippen LogP contribution >= 0.6 is 0 Å². The summed E-state index contributed by atoms with van der Waals surface area (Å²) in [5.41, 5.74) is 6.47. The first-order valence-corrected chi connectivity index (χ1v) is 9.08. The van der Waals surface area contributed by atoms with Crippen LogP contribution in [0.3, 0.4) is 0 Å². The molecule has 3 rings (SSSR count). The van der Waals surface area contributed by atoms with Gasteiger partial charge in [0.1, 0.15) is 11.4 Å². The standard InChI is InChI=1S/C15H15N5O5S/c16-15-18-13-11(5-7-17-13)14(19-15)25-10-3-1-9(2-4-10)20-26(23,24)8-6-12(21)22/h1-5,7,20H,6,8H2,(H,21,22)(H3,16,17,18,19). The topological polar surface area (TPSA) is 160 Å². The zero-order chi connectivity index (χ0) is 18.7. The van der Waals surface area contributed by atoms with Crippen molar-refractivity contribution in [1.29, 1.82) is 0 Å². The van der Waals surface area contributed by atoms with Crippen molar-refractivity contribution in [2.45, 2.75) is 6.42 Å². The second-order valence-electron chi connectivity index (χ2n) is 5.32. The van der Waals surface area contributed by atoms with Gasteiger partial charge in [0.25, 0.3) is 0 Å². The first-order chi connectivity index (χ1) is 12.3. The number of H-pyrrole nitrogens is 1. The third kappa shape index (κ3) is 4.19. The third-order valence-electron chi connectivity index (χ3n) is 3.32. The second kappa shape index (κ2) is 6.88. The number of aromatic amines is 1. The molecule has 0 saturated carbocycles. The Bertz CT molecular complexity index is 1050. The van der Waals surface area contributed by atoms with E-state index in [0.717, 1.165) is 0 Å². The second-order valence-corrected chi connectivity index (χ2v) is 7.16. The van der Waals surface area contributed by atoms with Gasteiger partial charge in [-0.25, -0.2) is 8.42 Å². The molecule has 0 saturated heterocycles. The van der Waals surface area contributed by atoms with Gasteiger partial charge in [-0.3, -0.25) is 9.52 Å². The van der Waals surface area contributed by atoms with Crippen molar-refractivity contribution < 1.29 is 23.1 Å². The van der Waals surface area contributed by atoms with Gasteiger partial charge in [0.2, 0.25) is 21.9 Å². The Kier molecular flexibility index (Phi) is 4.63. The molecule has 0 amide bonds. The quantitative estimate of drug-likeness (QED) is 0.482. The lowest BCUT2D eigenvalue weighted by atomic mass is 10.3. The molecule has 0 fully saturated rings. The van der Waals surface area contributed by atoms with E-state index < -0.39 is 28.2 Å². The average Bonchev–Trinajstić information content (AvgIpc) is 3.03. The van der Waals surface area contributed by atoms with Crippen LogP contribution in [0.25, 0.3) is 11.0 Å². The molecule has 0 aliphatic carbocycles. The summed E-state index contributed by atoms with van der Waals surface area (Å²) in [6.45, 7) is 0. The number of carboxylic acids is 1. The van der Waals surface area contributed by atoms with Crippen LogP contribution in [0.4, 0.5) is 11.6 Å². The molecule has 2 heterocycles. The van der Waals surface area contributed by atoms with E-state index >= 15 is 0 Å². The molecule has 0 bridgehead atoms. The highest BCUT2D eigenvalue weighted by atomic mass is 32.2. The zero-order valence-corrected chi connectivity index (χ0v) is 14.2. The molecule has 0 atom stereocenters. The fourth-order valence-corrected chi connectivity index (χ4v) is 3.20. The van der Waals surface area contributed by atoms with Crippen molar-refractivity contribution >= 4 is 38.7 Å². The summed E-state index contributed by atoms with van der Waals surface area (Å²) in [5.74, 6) is -0.952. The fraction of sp³-hybridized carbons (Fsp3) is 0.133. The minimum atomic E-state index is -3.74. The van der Waals surface area contributed by atoms with E-state index in [1.807, 2.05) is 0 Å². The number of ether oxygens (including phenoxy) is 1. The van der Waals surface area contributed by atoms with Crippen LogP contribution in [0.1, 0.15) is 6.42 Å². The molecule has 10 nitrogen and oxygen atoms in total. The first kappa shape index (κ1) is 17.5. The van der Waals surface area contributed by atoms with Gasteiger partial charge in [0, 0.05) is 11.9 Å². The van der Waals surface area contributed by atoms with E-state index in [-0.39, 0.29) is 17.5 Å². The Morgan fingerprint density at radius 3 is 2.65 bits per heavy atom. The number of carboxylic acid groups (broad SMARTS) is 1. The molecule has 11 heteroatoms. The van der Waals surface area contributed by atoms with Gasteiger partial charge in [-0.1, -0.05) is 0 Å². The summed E-state index contributed by atoms with van der Waals surface area (Å²) in [6, 6.07) is 7.83. The van der Waals surface area contributed by atoms with E-state index in [0.29, 0.717) is 16.8 Å². The highest BCUT2D eigenvalue weighted by Gasteiger charge is 2.13. The van der Waals surface area contributed by atoms with E-state index in [4.69, 9.17) is 15.6 Å². The normalized spacial score (nSPS) is 11.4. The SMILES string of the molecule is Nc1nc(Oc2ccc(NS(=O)(=O)CCC(=O)O)cc2)c2cc[nH]c2n1. The maximum atomic E-state index is 11.8. The summed E-state index contributed by atoms with van der Waals surface area (Å²) in [5, 5.41) is 9.22. The number of nitrogens with one attached hydrogen (secondary N) is 2. The van der Waals surface area contributed by atoms with Crippen molar-refractivity contribution in [3.05, 3.63) is 36.5 Å². The monoisotopic (exact) mass is 377 g/mol. The summed E-state index contributed by atoms with van der Waals surface area (Å²) in [6.07, 6.45) is 1.21. The van der Waals surface area contributed by atoms with Crippen molar-refractivity contribution in [3.8, 4) is 11.6 Å². The van der Waals surface area contributed by atoms with Crippen LogP contribution in [0.15, 0.2) is 36.5 Å². The van der Waals surface area contributed by atoms with E-state index in [9.17, 15) is 13.2 Å². The number of aliphatic carboxylic acids is 1. The number of hydrogen-bond donors (Lipinski definition) is 4. The Morgan fingerprint density at radius 2 is 1.96 bits per heavy atom. The van der Waals surface area contributed by atoms with Crippen molar-refractivity contribution in [2.24, 2.45) is 0 Å². The van der Waals surface area contributed by atoms with Crippen LogP contribution < -0.4 is 15.2 Å². The number of nitrogen functional groups attached to an aromatic ring is 1. The molecule has 5 N–H and O–H groups in total. The Balaban J connectivity index is 1.73. The number of rotatable bonds is 7. The lowest BCUT2D eigenvalue weighted by Gasteiger charge is -2.09. The fourth-order valence-electron chi connectivity index (χ4n) is 2.16. The number of carbonyl (C=O) groups is 1. The number of anilines is 2. The maximum absolute atomic E-state index is 11.8. The largest absolute Gasteiger partial charge is 0.481 e. The molecule has 3 aromatic rings. The third-order valence-corrected chi connectivity index (χ3v) is 4.61. The molecule has 136 valence electrons. The molecule has 0 aliphatic rings. The van der Waals surface area contributed by atoms with Crippen molar-refractivity contribution in [3.63, 3.8) is 0 Å². The summed E-state index contributed by atoms with van der Waals surface area (Å²) < 4.78 is 31.6. The van der Waals surface area contributed by atoms with Gasteiger partial charge in [-0.05, 0) is 30.3 Å². The minimum Gasteiger partial charge on any atom is -0.481 e. The number of nitrogens with two attached hydrogens (primary N) is 1. The highest BCUT2D eigenvalue weighted by molar-refractivity contribution is 7.92. The summed E-state index contributed by atoms with van der Waals surface area (Å²) in [4.78, 5) is 21.5.